The molecule has 1 fully saturated rings. The van der Waals surface area contributed by atoms with Crippen molar-refractivity contribution in [2.75, 3.05) is 46.0 Å². The van der Waals surface area contributed by atoms with E-state index in [9.17, 15) is 10.1 Å². The van der Waals surface area contributed by atoms with Gasteiger partial charge in [-0.1, -0.05) is 24.8 Å². The largest absolute Gasteiger partial charge is 0.490 e. The second-order valence-electron chi connectivity index (χ2n) is 5.55. The third kappa shape index (κ3) is 6.42. The lowest BCUT2D eigenvalue weighted by atomic mass is 10.1. The molecule has 1 N–H and O–H groups in total. The van der Waals surface area contributed by atoms with Crippen LogP contribution in [-0.2, 0) is 9.53 Å². The summed E-state index contributed by atoms with van der Waals surface area (Å²) in [6.07, 6.45) is 3.24. The Labute approximate surface area is 148 Å². The number of nitrogens with zero attached hydrogens (tertiary/aromatic N) is 2. The SMILES string of the molecule is C=CCOc1ccc(/C=C(\C#N)C(=O)NCCN2CCOCC2)cc1. The van der Waals surface area contributed by atoms with Crippen molar-refractivity contribution in [3.63, 3.8) is 0 Å². The van der Waals surface area contributed by atoms with E-state index in [-0.39, 0.29) is 11.5 Å². The molecule has 1 heterocycles. The highest BCUT2D eigenvalue weighted by Gasteiger charge is 2.12. The van der Waals surface area contributed by atoms with Gasteiger partial charge >= 0.3 is 0 Å². The number of nitrogens with one attached hydrogen (secondary N) is 1. The van der Waals surface area contributed by atoms with E-state index in [1.807, 2.05) is 6.07 Å². The first-order valence-corrected chi connectivity index (χ1v) is 8.27. The van der Waals surface area contributed by atoms with Crippen molar-refractivity contribution < 1.29 is 14.3 Å². The van der Waals surface area contributed by atoms with Crippen molar-refractivity contribution in [2.45, 2.75) is 0 Å². The maximum absolute atomic E-state index is 12.1. The third-order valence-corrected chi connectivity index (χ3v) is 3.74. The lowest BCUT2D eigenvalue weighted by Crippen LogP contribution is -2.41. The van der Waals surface area contributed by atoms with Crippen molar-refractivity contribution >= 4 is 12.0 Å². The molecule has 132 valence electrons. The summed E-state index contributed by atoms with van der Waals surface area (Å²) < 4.78 is 10.7. The summed E-state index contributed by atoms with van der Waals surface area (Å²) in [5.74, 6) is 0.355. The van der Waals surface area contributed by atoms with Crippen LogP contribution in [0.2, 0.25) is 0 Å². The maximum atomic E-state index is 12.1. The Morgan fingerprint density at radius 1 is 1.36 bits per heavy atom. The van der Waals surface area contributed by atoms with E-state index in [2.05, 4.69) is 16.8 Å². The summed E-state index contributed by atoms with van der Waals surface area (Å²) in [6.45, 7) is 8.48. The zero-order chi connectivity index (χ0) is 17.9. The first-order valence-electron chi connectivity index (χ1n) is 8.27. The number of hydrogen-bond acceptors (Lipinski definition) is 5. The molecule has 0 atom stereocenters. The van der Waals surface area contributed by atoms with Gasteiger partial charge in [-0.05, 0) is 23.8 Å². The van der Waals surface area contributed by atoms with E-state index in [1.54, 1.807) is 36.4 Å². The number of amides is 1. The number of carbonyl (C=O) groups is 1. The summed E-state index contributed by atoms with van der Waals surface area (Å²) in [5, 5.41) is 12.0. The van der Waals surface area contributed by atoms with Crippen LogP contribution < -0.4 is 10.1 Å². The molecule has 0 unspecified atom stereocenters. The Bertz CT molecular complexity index is 641. The van der Waals surface area contributed by atoms with Gasteiger partial charge in [0, 0.05) is 26.2 Å². The van der Waals surface area contributed by atoms with Crippen LogP contribution in [0.1, 0.15) is 5.56 Å². The lowest BCUT2D eigenvalue weighted by Gasteiger charge is -2.26. The molecule has 1 aromatic carbocycles. The number of hydrogen-bond donors (Lipinski definition) is 1. The van der Waals surface area contributed by atoms with Crippen LogP contribution in [0.15, 0.2) is 42.5 Å². The van der Waals surface area contributed by atoms with Gasteiger partial charge in [0.1, 0.15) is 24.0 Å². The first-order chi connectivity index (χ1) is 12.2. The van der Waals surface area contributed by atoms with Crippen molar-refractivity contribution in [1.29, 1.82) is 5.26 Å². The number of carbonyl (C=O) groups excluding carboxylic acids is 1. The molecule has 0 aromatic heterocycles. The van der Waals surface area contributed by atoms with Gasteiger partial charge in [0.05, 0.1) is 13.2 Å². The number of nitriles is 1. The Hall–Kier alpha value is -2.62. The first kappa shape index (κ1) is 18.7. The summed E-state index contributed by atoms with van der Waals surface area (Å²) >= 11 is 0. The number of rotatable bonds is 8. The molecule has 0 aliphatic carbocycles. The monoisotopic (exact) mass is 341 g/mol. The van der Waals surface area contributed by atoms with Crippen LogP contribution in [0, 0.1) is 11.3 Å². The van der Waals surface area contributed by atoms with Crippen LogP contribution >= 0.6 is 0 Å². The Kier molecular flexibility index (Phi) is 7.70. The van der Waals surface area contributed by atoms with E-state index in [1.165, 1.54) is 0 Å². The zero-order valence-corrected chi connectivity index (χ0v) is 14.2. The third-order valence-electron chi connectivity index (χ3n) is 3.74. The molecule has 2 rings (SSSR count). The van der Waals surface area contributed by atoms with Gasteiger partial charge < -0.3 is 14.8 Å². The van der Waals surface area contributed by atoms with Gasteiger partial charge in [-0.2, -0.15) is 5.26 Å². The Balaban J connectivity index is 1.86. The van der Waals surface area contributed by atoms with Crippen molar-refractivity contribution in [3.05, 3.63) is 48.1 Å². The van der Waals surface area contributed by atoms with Gasteiger partial charge in [0.15, 0.2) is 0 Å². The van der Waals surface area contributed by atoms with E-state index < -0.39 is 0 Å². The second kappa shape index (κ2) is 10.3. The second-order valence-corrected chi connectivity index (χ2v) is 5.55. The molecule has 6 heteroatoms. The summed E-state index contributed by atoms with van der Waals surface area (Å²) in [5.41, 5.74) is 0.854. The molecule has 0 bridgehead atoms. The van der Waals surface area contributed by atoms with Crippen LogP contribution in [0.4, 0.5) is 0 Å². The minimum absolute atomic E-state index is 0.0849. The van der Waals surface area contributed by atoms with Crippen LogP contribution in [0.25, 0.3) is 6.08 Å². The van der Waals surface area contributed by atoms with E-state index in [0.717, 1.165) is 38.4 Å². The van der Waals surface area contributed by atoms with Gasteiger partial charge in [0.25, 0.3) is 5.91 Å². The van der Waals surface area contributed by atoms with E-state index >= 15 is 0 Å². The fourth-order valence-electron chi connectivity index (χ4n) is 2.38. The number of ether oxygens (including phenoxy) is 2. The molecule has 1 aliphatic rings. The maximum Gasteiger partial charge on any atom is 0.261 e. The minimum Gasteiger partial charge on any atom is -0.490 e. The number of morpholine rings is 1. The van der Waals surface area contributed by atoms with Crippen molar-refractivity contribution in [3.8, 4) is 11.8 Å². The quantitative estimate of drug-likeness (QED) is 0.442. The average molecular weight is 341 g/mol. The highest BCUT2D eigenvalue weighted by atomic mass is 16.5. The molecular weight excluding hydrogens is 318 g/mol. The molecule has 1 aliphatic heterocycles. The van der Waals surface area contributed by atoms with Crippen molar-refractivity contribution in [2.24, 2.45) is 0 Å². The summed E-state index contributed by atoms with van der Waals surface area (Å²) in [6, 6.07) is 9.15. The van der Waals surface area contributed by atoms with Crippen molar-refractivity contribution in [1.82, 2.24) is 10.2 Å². The summed E-state index contributed by atoms with van der Waals surface area (Å²) in [7, 11) is 0. The highest BCUT2D eigenvalue weighted by molar-refractivity contribution is 6.01. The van der Waals surface area contributed by atoms with Gasteiger partial charge in [-0.25, -0.2) is 0 Å². The molecule has 6 nitrogen and oxygen atoms in total. The molecule has 1 amide bonds. The van der Waals surface area contributed by atoms with Gasteiger partial charge in [0.2, 0.25) is 0 Å². The highest BCUT2D eigenvalue weighted by Crippen LogP contribution is 2.14. The van der Waals surface area contributed by atoms with Crippen LogP contribution in [0.5, 0.6) is 5.75 Å². The molecule has 1 saturated heterocycles. The molecular formula is C19H23N3O3. The normalized spacial score (nSPS) is 15.2. The zero-order valence-electron chi connectivity index (χ0n) is 14.2. The molecule has 0 saturated carbocycles. The minimum atomic E-state index is -0.359. The molecule has 25 heavy (non-hydrogen) atoms. The predicted octanol–water partition coefficient (Wildman–Crippen LogP) is 1.61. The predicted molar refractivity (Wildman–Crippen MR) is 96.0 cm³/mol. The van der Waals surface area contributed by atoms with E-state index in [0.29, 0.717) is 18.9 Å². The molecule has 0 spiro atoms. The molecule has 0 radical (unpaired) electrons. The fraction of sp³-hybridized carbons (Fsp3) is 0.368. The average Bonchev–Trinajstić information content (AvgIpc) is 2.66. The van der Waals surface area contributed by atoms with E-state index in [4.69, 9.17) is 9.47 Å². The lowest BCUT2D eigenvalue weighted by molar-refractivity contribution is -0.117. The summed E-state index contributed by atoms with van der Waals surface area (Å²) in [4.78, 5) is 14.4. The van der Waals surface area contributed by atoms with Crippen LogP contribution in [0.3, 0.4) is 0 Å². The van der Waals surface area contributed by atoms with Gasteiger partial charge in [-0.15, -0.1) is 0 Å². The Morgan fingerprint density at radius 2 is 2.08 bits per heavy atom. The fourth-order valence-corrected chi connectivity index (χ4v) is 2.38. The Morgan fingerprint density at radius 3 is 2.72 bits per heavy atom. The number of benzene rings is 1. The van der Waals surface area contributed by atoms with Crippen LogP contribution in [-0.4, -0.2) is 56.8 Å². The standard InChI is InChI=1S/C19H23N3O3/c1-2-11-25-18-5-3-16(4-6-18)14-17(15-20)19(23)21-7-8-22-9-12-24-13-10-22/h2-6,14H,1,7-13H2,(H,21,23)/b17-14+. The smallest absolute Gasteiger partial charge is 0.261 e. The topological polar surface area (TPSA) is 74.6 Å². The van der Waals surface area contributed by atoms with Gasteiger partial charge in [-0.3, -0.25) is 9.69 Å². The molecule has 1 aromatic rings.